The summed E-state index contributed by atoms with van der Waals surface area (Å²) >= 11 is 5.77. The zero-order chi connectivity index (χ0) is 14.9. The van der Waals surface area contributed by atoms with E-state index in [1.54, 1.807) is 6.92 Å². The van der Waals surface area contributed by atoms with E-state index in [2.05, 4.69) is 5.32 Å². The lowest BCUT2D eigenvalue weighted by atomic mass is 10.1. The molecule has 106 valence electrons. The summed E-state index contributed by atoms with van der Waals surface area (Å²) in [6.07, 6.45) is 0. The molecule has 0 amide bonds. The molecule has 2 rings (SSSR count). The highest BCUT2D eigenvalue weighted by molar-refractivity contribution is 6.33. The Labute approximate surface area is 118 Å². The van der Waals surface area contributed by atoms with Gasteiger partial charge in [-0.05, 0) is 19.1 Å². The summed E-state index contributed by atoms with van der Waals surface area (Å²) in [4.78, 5) is 0. The first-order valence-electron chi connectivity index (χ1n) is 5.78. The van der Waals surface area contributed by atoms with Crippen LogP contribution in [0, 0.1) is 17.5 Å². The number of hydrogen-bond donors (Lipinski definition) is 2. The molecule has 2 N–H and O–H groups in total. The second-order valence-corrected chi connectivity index (χ2v) is 4.72. The second kappa shape index (κ2) is 5.63. The largest absolute Gasteiger partial charge is 0.507 e. The molecule has 0 heterocycles. The van der Waals surface area contributed by atoms with Crippen LogP contribution in [0.1, 0.15) is 18.5 Å². The summed E-state index contributed by atoms with van der Waals surface area (Å²) in [5, 5.41) is 12.3. The summed E-state index contributed by atoms with van der Waals surface area (Å²) in [7, 11) is 0. The monoisotopic (exact) mass is 301 g/mol. The van der Waals surface area contributed by atoms with E-state index in [4.69, 9.17) is 11.6 Å². The molecule has 2 nitrogen and oxygen atoms in total. The van der Waals surface area contributed by atoms with Crippen molar-refractivity contribution in [2.75, 3.05) is 5.32 Å². The molecule has 1 atom stereocenters. The lowest BCUT2D eigenvalue weighted by Gasteiger charge is -2.18. The molecule has 0 bridgehead atoms. The Morgan fingerprint density at radius 3 is 2.40 bits per heavy atom. The summed E-state index contributed by atoms with van der Waals surface area (Å²) in [6.45, 7) is 1.63. The Bertz CT molecular complexity index is 625. The fourth-order valence-corrected chi connectivity index (χ4v) is 2.11. The van der Waals surface area contributed by atoms with E-state index in [1.165, 1.54) is 12.1 Å². The van der Waals surface area contributed by atoms with Crippen LogP contribution >= 0.6 is 11.6 Å². The second-order valence-electron chi connectivity index (χ2n) is 4.31. The molecule has 20 heavy (non-hydrogen) atoms. The summed E-state index contributed by atoms with van der Waals surface area (Å²) in [5.74, 6) is -2.47. The highest BCUT2D eigenvalue weighted by Crippen LogP contribution is 2.32. The van der Waals surface area contributed by atoms with Crippen LogP contribution in [-0.2, 0) is 0 Å². The molecule has 0 aromatic heterocycles. The number of halogens is 4. The minimum atomic E-state index is -0.844. The van der Waals surface area contributed by atoms with E-state index in [-0.39, 0.29) is 16.5 Å². The highest BCUT2D eigenvalue weighted by atomic mass is 35.5. The van der Waals surface area contributed by atoms with Crippen LogP contribution in [0.2, 0.25) is 5.02 Å². The van der Waals surface area contributed by atoms with E-state index >= 15 is 0 Å². The minimum absolute atomic E-state index is 0.0794. The molecule has 0 saturated carbocycles. The first-order valence-corrected chi connectivity index (χ1v) is 6.15. The zero-order valence-electron chi connectivity index (χ0n) is 10.4. The van der Waals surface area contributed by atoms with Crippen LogP contribution in [0.25, 0.3) is 0 Å². The van der Waals surface area contributed by atoms with Crippen LogP contribution < -0.4 is 5.32 Å². The first kappa shape index (κ1) is 14.5. The average Bonchev–Trinajstić information content (AvgIpc) is 2.33. The van der Waals surface area contributed by atoms with Crippen molar-refractivity contribution in [1.29, 1.82) is 0 Å². The van der Waals surface area contributed by atoms with E-state index in [0.717, 1.165) is 12.1 Å². The van der Waals surface area contributed by atoms with E-state index in [1.807, 2.05) is 0 Å². The standard InChI is InChI=1S/C14H11ClF3NO/c1-7(10-3-2-8(16)6-13(10)20)19-14-11(15)4-9(17)5-12(14)18/h2-7,19-20H,1H3. The highest BCUT2D eigenvalue weighted by Gasteiger charge is 2.16. The van der Waals surface area contributed by atoms with Gasteiger partial charge in [0.05, 0.1) is 16.8 Å². The SMILES string of the molecule is CC(Nc1c(F)cc(F)cc1Cl)c1ccc(F)cc1O. The van der Waals surface area contributed by atoms with Crippen LogP contribution in [0.3, 0.4) is 0 Å². The molecule has 0 fully saturated rings. The van der Waals surface area contributed by atoms with E-state index in [0.29, 0.717) is 11.6 Å². The Kier molecular flexibility index (Phi) is 4.09. The lowest BCUT2D eigenvalue weighted by molar-refractivity contribution is 0.459. The Hall–Kier alpha value is -1.88. The molecule has 0 aliphatic carbocycles. The van der Waals surface area contributed by atoms with Crippen LogP contribution in [0.4, 0.5) is 18.9 Å². The molecule has 0 radical (unpaired) electrons. The number of anilines is 1. The van der Waals surface area contributed by atoms with Crippen LogP contribution in [0.5, 0.6) is 5.75 Å². The van der Waals surface area contributed by atoms with Crippen molar-refractivity contribution in [3.8, 4) is 5.75 Å². The molecule has 0 aliphatic rings. The molecular weight excluding hydrogens is 291 g/mol. The quantitative estimate of drug-likeness (QED) is 0.866. The number of nitrogens with one attached hydrogen (secondary N) is 1. The number of phenols is 1. The van der Waals surface area contributed by atoms with Gasteiger partial charge in [0.15, 0.2) is 5.82 Å². The molecule has 2 aromatic rings. The van der Waals surface area contributed by atoms with Crippen molar-refractivity contribution in [2.45, 2.75) is 13.0 Å². The fraction of sp³-hybridized carbons (Fsp3) is 0.143. The zero-order valence-corrected chi connectivity index (χ0v) is 11.2. The van der Waals surface area contributed by atoms with Crippen molar-refractivity contribution in [2.24, 2.45) is 0 Å². The van der Waals surface area contributed by atoms with E-state index < -0.39 is 23.5 Å². The number of rotatable bonds is 3. The van der Waals surface area contributed by atoms with Gasteiger partial charge in [-0.2, -0.15) is 0 Å². The predicted molar refractivity (Wildman–Crippen MR) is 71.5 cm³/mol. The number of aromatic hydroxyl groups is 1. The normalized spacial score (nSPS) is 12.2. The smallest absolute Gasteiger partial charge is 0.150 e. The van der Waals surface area contributed by atoms with Crippen molar-refractivity contribution >= 4 is 17.3 Å². The van der Waals surface area contributed by atoms with Crippen molar-refractivity contribution in [1.82, 2.24) is 0 Å². The Morgan fingerprint density at radius 2 is 1.80 bits per heavy atom. The number of phenolic OH excluding ortho intramolecular Hbond substituents is 1. The third-order valence-electron chi connectivity index (χ3n) is 2.83. The van der Waals surface area contributed by atoms with Gasteiger partial charge in [0.2, 0.25) is 0 Å². The van der Waals surface area contributed by atoms with Crippen molar-refractivity contribution < 1.29 is 18.3 Å². The summed E-state index contributed by atoms with van der Waals surface area (Å²) in [6, 6.07) is 4.63. The lowest BCUT2D eigenvalue weighted by Crippen LogP contribution is -2.09. The van der Waals surface area contributed by atoms with Crippen molar-refractivity contribution in [3.05, 3.63) is 58.4 Å². The third kappa shape index (κ3) is 2.99. The number of hydrogen-bond acceptors (Lipinski definition) is 2. The fourth-order valence-electron chi connectivity index (χ4n) is 1.86. The van der Waals surface area contributed by atoms with Crippen LogP contribution in [-0.4, -0.2) is 5.11 Å². The van der Waals surface area contributed by atoms with Crippen molar-refractivity contribution in [3.63, 3.8) is 0 Å². The van der Waals surface area contributed by atoms with Gasteiger partial charge in [0.1, 0.15) is 17.4 Å². The van der Waals surface area contributed by atoms with Gasteiger partial charge in [-0.25, -0.2) is 13.2 Å². The Morgan fingerprint density at radius 1 is 1.10 bits per heavy atom. The molecule has 2 aromatic carbocycles. The minimum Gasteiger partial charge on any atom is -0.507 e. The molecule has 0 saturated heterocycles. The average molecular weight is 302 g/mol. The molecule has 0 spiro atoms. The van der Waals surface area contributed by atoms with Gasteiger partial charge in [-0.15, -0.1) is 0 Å². The molecule has 0 aliphatic heterocycles. The summed E-state index contributed by atoms with van der Waals surface area (Å²) < 4.78 is 39.5. The maximum absolute atomic E-state index is 13.6. The maximum atomic E-state index is 13.6. The van der Waals surface area contributed by atoms with E-state index in [9.17, 15) is 18.3 Å². The predicted octanol–water partition coefficient (Wildman–Crippen LogP) is 4.64. The van der Waals surface area contributed by atoms with Gasteiger partial charge in [0, 0.05) is 17.7 Å². The van der Waals surface area contributed by atoms with Gasteiger partial charge < -0.3 is 10.4 Å². The molecular formula is C14H11ClF3NO. The van der Waals surface area contributed by atoms with Gasteiger partial charge in [0.25, 0.3) is 0 Å². The van der Waals surface area contributed by atoms with Gasteiger partial charge in [-0.1, -0.05) is 17.7 Å². The maximum Gasteiger partial charge on any atom is 0.150 e. The Balaban J connectivity index is 2.30. The van der Waals surface area contributed by atoms with Gasteiger partial charge in [-0.3, -0.25) is 0 Å². The van der Waals surface area contributed by atoms with Crippen LogP contribution in [0.15, 0.2) is 30.3 Å². The number of benzene rings is 2. The topological polar surface area (TPSA) is 32.3 Å². The van der Waals surface area contributed by atoms with Gasteiger partial charge >= 0.3 is 0 Å². The summed E-state index contributed by atoms with van der Waals surface area (Å²) in [5.41, 5.74) is 0.287. The third-order valence-corrected chi connectivity index (χ3v) is 3.12. The molecule has 1 unspecified atom stereocenters. The first-order chi connectivity index (χ1) is 9.38. The molecule has 6 heteroatoms.